The van der Waals surface area contributed by atoms with E-state index in [0.29, 0.717) is 6.54 Å². The molecule has 1 aromatic carbocycles. The minimum Gasteiger partial charge on any atom is -0.493 e. The second-order valence-corrected chi connectivity index (χ2v) is 5.75. The molecule has 2 rings (SSSR count). The van der Waals surface area contributed by atoms with Crippen molar-refractivity contribution >= 4 is 0 Å². The van der Waals surface area contributed by atoms with E-state index in [1.54, 1.807) is 14.2 Å². The molecule has 118 valence electrons. The van der Waals surface area contributed by atoms with Crippen LogP contribution in [0.4, 0.5) is 0 Å². The van der Waals surface area contributed by atoms with Crippen molar-refractivity contribution in [3.63, 3.8) is 0 Å². The minimum atomic E-state index is 0.246. The Morgan fingerprint density at radius 3 is 2.43 bits per heavy atom. The maximum Gasteiger partial charge on any atom is 0.161 e. The van der Waals surface area contributed by atoms with E-state index >= 15 is 0 Å². The number of hydrogen-bond donors (Lipinski definition) is 1. The van der Waals surface area contributed by atoms with Gasteiger partial charge in [0.15, 0.2) is 11.5 Å². The Bertz CT molecular complexity index is 446. The van der Waals surface area contributed by atoms with E-state index in [2.05, 4.69) is 24.0 Å². The molecule has 1 aliphatic carbocycles. The summed E-state index contributed by atoms with van der Waals surface area (Å²) in [7, 11) is 3.33. The molecule has 0 radical (unpaired) electrons. The van der Waals surface area contributed by atoms with Crippen molar-refractivity contribution in [3.05, 3.63) is 23.8 Å². The highest BCUT2D eigenvalue weighted by molar-refractivity contribution is 5.43. The molecule has 1 unspecified atom stereocenters. The second-order valence-electron chi connectivity index (χ2n) is 5.75. The van der Waals surface area contributed by atoms with E-state index in [1.807, 2.05) is 6.07 Å². The zero-order valence-corrected chi connectivity index (χ0v) is 13.5. The molecular formula is C17H28N2O2. The van der Waals surface area contributed by atoms with Crippen LogP contribution < -0.4 is 15.2 Å². The molecule has 0 saturated heterocycles. The highest BCUT2D eigenvalue weighted by atomic mass is 16.5. The largest absolute Gasteiger partial charge is 0.493 e. The average molecular weight is 292 g/mol. The smallest absolute Gasteiger partial charge is 0.161 e. The summed E-state index contributed by atoms with van der Waals surface area (Å²) in [6.07, 6.45) is 4.10. The lowest BCUT2D eigenvalue weighted by Gasteiger charge is -2.36. The highest BCUT2D eigenvalue weighted by Crippen LogP contribution is 2.33. The zero-order chi connectivity index (χ0) is 15.2. The lowest BCUT2D eigenvalue weighted by molar-refractivity contribution is 0.141. The number of ether oxygens (including phenoxy) is 2. The minimum absolute atomic E-state index is 0.246. The van der Waals surface area contributed by atoms with Gasteiger partial charge < -0.3 is 15.2 Å². The van der Waals surface area contributed by atoms with Gasteiger partial charge in [0.1, 0.15) is 0 Å². The summed E-state index contributed by atoms with van der Waals surface area (Å²) in [6, 6.07) is 6.37. The van der Waals surface area contributed by atoms with Crippen LogP contribution in [0.25, 0.3) is 0 Å². The van der Waals surface area contributed by atoms with Crippen LogP contribution in [-0.4, -0.2) is 38.8 Å². The maximum atomic E-state index is 6.06. The fourth-order valence-corrected chi connectivity index (χ4v) is 3.04. The Morgan fingerprint density at radius 1 is 1.24 bits per heavy atom. The molecule has 1 fully saturated rings. The maximum absolute atomic E-state index is 6.06. The van der Waals surface area contributed by atoms with E-state index < -0.39 is 0 Å². The molecule has 4 nitrogen and oxygen atoms in total. The second kappa shape index (κ2) is 7.66. The topological polar surface area (TPSA) is 47.7 Å². The van der Waals surface area contributed by atoms with E-state index in [4.69, 9.17) is 15.2 Å². The van der Waals surface area contributed by atoms with Crippen LogP contribution in [0.3, 0.4) is 0 Å². The lowest BCUT2D eigenvalue weighted by Crippen LogP contribution is -2.38. The van der Waals surface area contributed by atoms with Crippen LogP contribution in [0, 0.1) is 5.92 Å². The number of methoxy groups -OCH3 is 2. The molecular weight excluding hydrogens is 264 g/mol. The summed E-state index contributed by atoms with van der Waals surface area (Å²) in [5.41, 5.74) is 7.27. The summed E-state index contributed by atoms with van der Waals surface area (Å²) in [5, 5.41) is 0. The summed E-state index contributed by atoms with van der Waals surface area (Å²) < 4.78 is 10.7. The average Bonchev–Trinajstić information content (AvgIpc) is 2.49. The SMILES string of the molecule is CCN(CC1CCC1)C(CN)c1ccc(OC)c(OC)c1. The van der Waals surface area contributed by atoms with Gasteiger partial charge in [0.2, 0.25) is 0 Å². The van der Waals surface area contributed by atoms with Gasteiger partial charge >= 0.3 is 0 Å². The van der Waals surface area contributed by atoms with Gasteiger partial charge in [-0.05, 0) is 43.0 Å². The summed E-state index contributed by atoms with van der Waals surface area (Å²) in [4.78, 5) is 2.49. The van der Waals surface area contributed by atoms with Gasteiger partial charge in [-0.1, -0.05) is 19.4 Å². The van der Waals surface area contributed by atoms with Crippen molar-refractivity contribution in [3.8, 4) is 11.5 Å². The Morgan fingerprint density at radius 2 is 1.95 bits per heavy atom. The van der Waals surface area contributed by atoms with E-state index in [1.165, 1.54) is 24.8 Å². The molecule has 4 heteroatoms. The third kappa shape index (κ3) is 3.69. The van der Waals surface area contributed by atoms with Gasteiger partial charge in [-0.2, -0.15) is 0 Å². The number of nitrogens with two attached hydrogens (primary N) is 1. The standard InChI is InChI=1S/C17H28N2O2/c1-4-19(12-13-6-5-7-13)15(11-18)14-8-9-16(20-2)17(10-14)21-3/h8-10,13,15H,4-7,11-12,18H2,1-3H3. The zero-order valence-electron chi connectivity index (χ0n) is 13.5. The third-order valence-corrected chi connectivity index (χ3v) is 4.58. The van der Waals surface area contributed by atoms with Crippen molar-refractivity contribution in [2.75, 3.05) is 33.9 Å². The first kappa shape index (κ1) is 16.1. The normalized spacial score (nSPS) is 16.6. The molecule has 1 atom stereocenters. The molecule has 21 heavy (non-hydrogen) atoms. The molecule has 1 aromatic rings. The van der Waals surface area contributed by atoms with Gasteiger partial charge in [-0.3, -0.25) is 4.90 Å². The highest BCUT2D eigenvalue weighted by Gasteiger charge is 2.25. The Hall–Kier alpha value is -1.26. The van der Waals surface area contributed by atoms with Crippen molar-refractivity contribution in [1.29, 1.82) is 0 Å². The number of nitrogens with zero attached hydrogens (tertiary/aromatic N) is 1. The number of benzene rings is 1. The van der Waals surface area contributed by atoms with Crippen molar-refractivity contribution in [2.45, 2.75) is 32.2 Å². The van der Waals surface area contributed by atoms with Crippen LogP contribution in [0.5, 0.6) is 11.5 Å². The molecule has 2 N–H and O–H groups in total. The summed E-state index contributed by atoms with van der Waals surface area (Å²) in [5.74, 6) is 2.38. The van der Waals surface area contributed by atoms with E-state index in [9.17, 15) is 0 Å². The van der Waals surface area contributed by atoms with E-state index in [0.717, 1.165) is 30.5 Å². The van der Waals surface area contributed by atoms with Gasteiger partial charge in [0.25, 0.3) is 0 Å². The molecule has 1 aliphatic rings. The first-order valence-electron chi connectivity index (χ1n) is 7.89. The van der Waals surface area contributed by atoms with Crippen LogP contribution in [-0.2, 0) is 0 Å². The Balaban J connectivity index is 2.17. The number of rotatable bonds is 8. The fraction of sp³-hybridized carbons (Fsp3) is 0.647. The predicted octanol–water partition coefficient (Wildman–Crippen LogP) is 2.83. The van der Waals surface area contributed by atoms with Gasteiger partial charge in [0, 0.05) is 19.1 Å². The van der Waals surface area contributed by atoms with Crippen molar-refractivity contribution < 1.29 is 9.47 Å². The molecule has 1 saturated carbocycles. The molecule has 0 heterocycles. The van der Waals surface area contributed by atoms with E-state index in [-0.39, 0.29) is 6.04 Å². The van der Waals surface area contributed by atoms with Gasteiger partial charge in [-0.15, -0.1) is 0 Å². The van der Waals surface area contributed by atoms with Crippen LogP contribution in [0.1, 0.15) is 37.8 Å². The van der Waals surface area contributed by atoms with Gasteiger partial charge in [0.05, 0.1) is 14.2 Å². The molecule has 0 spiro atoms. The Kier molecular flexibility index (Phi) is 5.88. The van der Waals surface area contributed by atoms with Gasteiger partial charge in [-0.25, -0.2) is 0 Å². The third-order valence-electron chi connectivity index (χ3n) is 4.58. The first-order chi connectivity index (χ1) is 10.2. The lowest BCUT2D eigenvalue weighted by atomic mass is 9.84. The molecule has 0 aliphatic heterocycles. The number of hydrogen-bond acceptors (Lipinski definition) is 4. The molecule has 0 bridgehead atoms. The van der Waals surface area contributed by atoms with Crippen molar-refractivity contribution in [2.24, 2.45) is 11.7 Å². The van der Waals surface area contributed by atoms with Crippen molar-refractivity contribution in [1.82, 2.24) is 4.90 Å². The summed E-state index contributed by atoms with van der Waals surface area (Å²) in [6.45, 7) is 5.00. The van der Waals surface area contributed by atoms with Crippen LogP contribution >= 0.6 is 0 Å². The molecule has 0 aromatic heterocycles. The molecule has 0 amide bonds. The van der Waals surface area contributed by atoms with Crippen LogP contribution in [0.2, 0.25) is 0 Å². The quantitative estimate of drug-likeness (QED) is 0.800. The monoisotopic (exact) mass is 292 g/mol. The predicted molar refractivity (Wildman–Crippen MR) is 85.9 cm³/mol. The van der Waals surface area contributed by atoms with Crippen LogP contribution in [0.15, 0.2) is 18.2 Å². The number of likely N-dealkylation sites (N-methyl/N-ethyl adjacent to an activating group) is 1. The summed E-state index contributed by atoms with van der Waals surface area (Å²) >= 11 is 0. The first-order valence-corrected chi connectivity index (χ1v) is 7.89. The fourth-order valence-electron chi connectivity index (χ4n) is 3.04. The Labute approximate surface area is 128 Å².